The van der Waals surface area contributed by atoms with Crippen molar-refractivity contribution >= 4 is 35.2 Å². The maximum absolute atomic E-state index is 6.43. The number of fused-ring (bicyclic) bond motifs is 1. The fourth-order valence-electron chi connectivity index (χ4n) is 3.43. The molecule has 1 saturated carbocycles. The highest BCUT2D eigenvalue weighted by molar-refractivity contribution is 7.97. The molecule has 0 unspecified atom stereocenters. The summed E-state index contributed by atoms with van der Waals surface area (Å²) >= 11 is 1.75. The number of nitrogens with zero attached hydrogens (tertiary/aromatic N) is 4. The van der Waals surface area contributed by atoms with Gasteiger partial charge in [-0.1, -0.05) is 30.1 Å². The van der Waals surface area contributed by atoms with Gasteiger partial charge in [0.25, 0.3) is 0 Å². The van der Waals surface area contributed by atoms with Crippen LogP contribution in [0.1, 0.15) is 43.2 Å². The second-order valence-electron chi connectivity index (χ2n) is 6.41. The van der Waals surface area contributed by atoms with Crippen molar-refractivity contribution in [3.05, 3.63) is 41.8 Å². The molecule has 6 nitrogen and oxygen atoms in total. The largest absolute Gasteiger partial charge is 0.337 e. The molecule has 2 N–H and O–H groups in total. The fourth-order valence-corrected chi connectivity index (χ4v) is 3.91. The Morgan fingerprint density at radius 2 is 2.00 bits per heavy atom. The average Bonchev–Trinajstić information content (AvgIpc) is 3.29. The van der Waals surface area contributed by atoms with Crippen LogP contribution >= 0.6 is 24.2 Å². The van der Waals surface area contributed by atoms with Crippen LogP contribution in [0.25, 0.3) is 11.0 Å². The minimum absolute atomic E-state index is 0. The summed E-state index contributed by atoms with van der Waals surface area (Å²) in [6.07, 6.45) is 6.19. The fraction of sp³-hybridized carbons (Fsp3) is 0.471. The summed E-state index contributed by atoms with van der Waals surface area (Å²) in [4.78, 5) is 9.31. The maximum atomic E-state index is 6.43. The van der Waals surface area contributed by atoms with E-state index in [1.807, 2.05) is 18.2 Å². The van der Waals surface area contributed by atoms with Crippen molar-refractivity contribution in [2.24, 2.45) is 5.73 Å². The number of benzene rings is 1. The molecule has 1 aromatic carbocycles. The summed E-state index contributed by atoms with van der Waals surface area (Å²) in [6.45, 7) is 0.527. The van der Waals surface area contributed by atoms with E-state index in [4.69, 9.17) is 15.2 Å². The quantitative estimate of drug-likeness (QED) is 0.730. The molecule has 134 valence electrons. The highest BCUT2D eigenvalue weighted by Crippen LogP contribution is 2.34. The van der Waals surface area contributed by atoms with E-state index in [2.05, 4.69) is 27.0 Å². The lowest BCUT2D eigenvalue weighted by Gasteiger charge is -2.17. The Kier molecular flexibility index (Phi) is 5.36. The van der Waals surface area contributed by atoms with Gasteiger partial charge in [0.15, 0.2) is 5.82 Å². The Bertz CT molecular complexity index is 856. The molecule has 0 amide bonds. The van der Waals surface area contributed by atoms with Crippen LogP contribution < -0.4 is 5.73 Å². The molecule has 3 aromatic rings. The van der Waals surface area contributed by atoms with Gasteiger partial charge >= 0.3 is 0 Å². The molecule has 0 radical (unpaired) electrons. The van der Waals surface area contributed by atoms with Gasteiger partial charge in [0.05, 0.1) is 22.3 Å². The molecular formula is C17H22ClN5OS. The van der Waals surface area contributed by atoms with Crippen LogP contribution in [0.15, 0.2) is 28.8 Å². The number of aromatic nitrogens is 4. The molecule has 0 bridgehead atoms. The Labute approximate surface area is 157 Å². The first-order chi connectivity index (χ1) is 11.7. The van der Waals surface area contributed by atoms with E-state index >= 15 is 0 Å². The predicted octanol–water partition coefficient (Wildman–Crippen LogP) is 3.48. The van der Waals surface area contributed by atoms with Gasteiger partial charge in [0.1, 0.15) is 12.4 Å². The van der Waals surface area contributed by atoms with Crippen molar-refractivity contribution in [3.8, 4) is 0 Å². The molecule has 8 heteroatoms. The molecule has 1 aliphatic carbocycles. The smallest absolute Gasteiger partial charge is 0.246 e. The van der Waals surface area contributed by atoms with E-state index in [1.54, 1.807) is 11.8 Å². The molecule has 2 heterocycles. The molecule has 0 atom stereocenters. The predicted molar refractivity (Wildman–Crippen MR) is 102 cm³/mol. The van der Waals surface area contributed by atoms with Crippen molar-refractivity contribution < 1.29 is 4.52 Å². The van der Waals surface area contributed by atoms with Crippen LogP contribution in [0.4, 0.5) is 0 Å². The Balaban J connectivity index is 0.00000182. The zero-order valence-electron chi connectivity index (χ0n) is 14.1. The van der Waals surface area contributed by atoms with E-state index in [-0.39, 0.29) is 12.4 Å². The van der Waals surface area contributed by atoms with Crippen LogP contribution in [0.5, 0.6) is 0 Å². The van der Waals surface area contributed by atoms with Crippen LogP contribution in [0.2, 0.25) is 0 Å². The topological polar surface area (TPSA) is 82.8 Å². The molecule has 0 saturated heterocycles. The van der Waals surface area contributed by atoms with Crippen LogP contribution in [-0.4, -0.2) is 25.9 Å². The standard InChI is InChI=1S/C17H21N5OS.ClH/c1-24-11-14-19-12-6-2-3-7-13(12)22(14)10-15-20-16(21-23-15)17(18)8-4-5-9-17;/h2-3,6-7H,4-5,8-11,18H2,1H3;1H. The molecule has 2 aromatic heterocycles. The number of para-hydroxylation sites is 2. The Morgan fingerprint density at radius 1 is 1.24 bits per heavy atom. The van der Waals surface area contributed by atoms with Gasteiger partial charge in [0, 0.05) is 0 Å². The number of thioether (sulfide) groups is 1. The maximum Gasteiger partial charge on any atom is 0.246 e. The summed E-state index contributed by atoms with van der Waals surface area (Å²) in [5, 5.41) is 4.16. The van der Waals surface area contributed by atoms with Crippen molar-refractivity contribution in [2.75, 3.05) is 6.26 Å². The zero-order chi connectivity index (χ0) is 16.6. The van der Waals surface area contributed by atoms with E-state index < -0.39 is 5.54 Å². The van der Waals surface area contributed by atoms with Crippen LogP contribution in [0.3, 0.4) is 0 Å². The molecule has 4 rings (SSSR count). The first-order valence-electron chi connectivity index (χ1n) is 8.25. The third-order valence-corrected chi connectivity index (χ3v) is 5.26. The van der Waals surface area contributed by atoms with Gasteiger partial charge in [-0.05, 0) is 31.2 Å². The molecular weight excluding hydrogens is 358 g/mol. The lowest BCUT2D eigenvalue weighted by molar-refractivity contribution is 0.344. The first-order valence-corrected chi connectivity index (χ1v) is 9.64. The van der Waals surface area contributed by atoms with Gasteiger partial charge < -0.3 is 14.8 Å². The van der Waals surface area contributed by atoms with E-state index in [0.29, 0.717) is 18.3 Å². The van der Waals surface area contributed by atoms with E-state index in [9.17, 15) is 0 Å². The SMILES string of the molecule is CSCc1nc2ccccc2n1Cc1nc(C2(N)CCCC2)no1.Cl. The molecule has 0 spiro atoms. The van der Waals surface area contributed by atoms with Crippen LogP contribution in [-0.2, 0) is 17.8 Å². The van der Waals surface area contributed by atoms with Crippen molar-refractivity contribution in [2.45, 2.75) is 43.5 Å². The number of imidazole rings is 1. The minimum atomic E-state index is -0.416. The average molecular weight is 380 g/mol. The molecule has 25 heavy (non-hydrogen) atoms. The highest BCUT2D eigenvalue weighted by Gasteiger charge is 2.36. The molecule has 1 aliphatic rings. The first kappa shape index (κ1) is 18.2. The summed E-state index contributed by atoms with van der Waals surface area (Å²) in [5.74, 6) is 3.10. The van der Waals surface area contributed by atoms with E-state index in [1.165, 1.54) is 0 Å². The summed E-state index contributed by atoms with van der Waals surface area (Å²) < 4.78 is 7.65. The summed E-state index contributed by atoms with van der Waals surface area (Å²) in [5.41, 5.74) is 8.09. The molecule has 0 aliphatic heterocycles. The number of rotatable bonds is 5. The molecule has 1 fully saturated rings. The number of hydrogen-bond donors (Lipinski definition) is 1. The van der Waals surface area contributed by atoms with Gasteiger partial charge in [0.2, 0.25) is 5.89 Å². The van der Waals surface area contributed by atoms with Crippen molar-refractivity contribution in [1.29, 1.82) is 0 Å². The monoisotopic (exact) mass is 379 g/mol. The second kappa shape index (κ2) is 7.35. The van der Waals surface area contributed by atoms with Crippen molar-refractivity contribution in [1.82, 2.24) is 19.7 Å². The Hall–Kier alpha value is -1.57. The third kappa shape index (κ3) is 3.41. The lowest BCUT2D eigenvalue weighted by atomic mass is 9.99. The number of halogens is 1. The van der Waals surface area contributed by atoms with E-state index in [0.717, 1.165) is 48.3 Å². The normalized spacial score (nSPS) is 16.2. The van der Waals surface area contributed by atoms with Gasteiger partial charge in [-0.2, -0.15) is 16.7 Å². The summed E-state index contributed by atoms with van der Waals surface area (Å²) in [7, 11) is 0. The number of hydrogen-bond acceptors (Lipinski definition) is 6. The minimum Gasteiger partial charge on any atom is -0.337 e. The van der Waals surface area contributed by atoms with Gasteiger partial charge in [-0.25, -0.2) is 4.98 Å². The highest BCUT2D eigenvalue weighted by atomic mass is 35.5. The summed E-state index contributed by atoms with van der Waals surface area (Å²) in [6, 6.07) is 8.13. The third-order valence-electron chi connectivity index (χ3n) is 4.71. The van der Waals surface area contributed by atoms with Crippen LogP contribution in [0, 0.1) is 0 Å². The number of nitrogens with two attached hydrogens (primary N) is 1. The van der Waals surface area contributed by atoms with Gasteiger partial charge in [-0.3, -0.25) is 0 Å². The van der Waals surface area contributed by atoms with Gasteiger partial charge in [-0.15, -0.1) is 12.4 Å². The second-order valence-corrected chi connectivity index (χ2v) is 7.28. The Morgan fingerprint density at radius 3 is 2.76 bits per heavy atom. The zero-order valence-corrected chi connectivity index (χ0v) is 15.8. The lowest BCUT2D eigenvalue weighted by Crippen LogP contribution is -2.34. The van der Waals surface area contributed by atoms with Crippen molar-refractivity contribution in [3.63, 3.8) is 0 Å².